The number of nitrogens with one attached hydrogen (secondary N) is 1. The number of hydrogen-bond acceptors (Lipinski definition) is 5. The lowest BCUT2D eigenvalue weighted by Crippen LogP contribution is -2.28. The van der Waals surface area contributed by atoms with Crippen LogP contribution < -0.4 is 10.1 Å². The van der Waals surface area contributed by atoms with Crippen molar-refractivity contribution in [2.45, 2.75) is 70.4 Å². The fraction of sp³-hybridized carbons (Fsp3) is 0.480. The summed E-state index contributed by atoms with van der Waals surface area (Å²) in [6.45, 7) is 3.95. The number of halogens is 2. The zero-order chi connectivity index (χ0) is 24.5. The summed E-state index contributed by atoms with van der Waals surface area (Å²) in [6, 6.07) is 7.74. The molecule has 1 aliphatic rings. The van der Waals surface area contributed by atoms with Crippen LogP contribution in [0, 0.1) is 0 Å². The maximum absolute atomic E-state index is 13.7. The fourth-order valence-corrected chi connectivity index (χ4v) is 4.07. The molecule has 0 atom stereocenters. The van der Waals surface area contributed by atoms with E-state index in [9.17, 15) is 18.7 Å². The number of ether oxygens (including phenoxy) is 1. The summed E-state index contributed by atoms with van der Waals surface area (Å²) in [4.78, 5) is 16.7. The summed E-state index contributed by atoms with van der Waals surface area (Å²) in [5.74, 6) is -3.48. The Bertz CT molecular complexity index is 1180. The second-order valence-electron chi connectivity index (χ2n) is 9.66. The van der Waals surface area contributed by atoms with E-state index in [1.165, 1.54) is 37.5 Å². The Morgan fingerprint density at radius 2 is 1.94 bits per heavy atom. The number of pyridine rings is 1. The number of alkyl halides is 2. The van der Waals surface area contributed by atoms with Crippen molar-refractivity contribution in [1.29, 1.82) is 0 Å². The van der Waals surface area contributed by atoms with Gasteiger partial charge < -0.3 is 15.2 Å². The molecular formula is C25H30F2N4O3. The predicted octanol–water partition coefficient (Wildman–Crippen LogP) is 5.45. The van der Waals surface area contributed by atoms with Gasteiger partial charge in [0.25, 0.3) is 11.8 Å². The van der Waals surface area contributed by atoms with Gasteiger partial charge in [-0.2, -0.15) is 13.9 Å². The van der Waals surface area contributed by atoms with Crippen molar-refractivity contribution in [2.75, 3.05) is 11.9 Å². The molecule has 0 bridgehead atoms. The average Bonchev–Trinajstić information content (AvgIpc) is 3.20. The van der Waals surface area contributed by atoms with Gasteiger partial charge in [0.1, 0.15) is 23.7 Å². The van der Waals surface area contributed by atoms with E-state index in [1.54, 1.807) is 26.0 Å². The van der Waals surface area contributed by atoms with Gasteiger partial charge in [-0.25, -0.2) is 4.98 Å². The third-order valence-electron chi connectivity index (χ3n) is 5.83. The average molecular weight is 473 g/mol. The molecule has 182 valence electrons. The van der Waals surface area contributed by atoms with Gasteiger partial charge in [0.15, 0.2) is 0 Å². The Labute approximate surface area is 197 Å². The molecule has 2 N–H and O–H groups in total. The van der Waals surface area contributed by atoms with E-state index in [-0.39, 0.29) is 12.3 Å². The molecule has 9 heteroatoms. The molecule has 0 spiro atoms. The number of carbonyl (C=O) groups excluding carboxylic acids is 1. The topological polar surface area (TPSA) is 89.3 Å². The summed E-state index contributed by atoms with van der Waals surface area (Å²) >= 11 is 0. The van der Waals surface area contributed by atoms with E-state index in [0.29, 0.717) is 23.0 Å². The summed E-state index contributed by atoms with van der Waals surface area (Å²) in [5.41, 5.74) is -0.658. The van der Waals surface area contributed by atoms with E-state index < -0.39 is 23.1 Å². The number of benzene rings is 1. The van der Waals surface area contributed by atoms with Crippen molar-refractivity contribution in [1.82, 2.24) is 14.8 Å². The fourth-order valence-electron chi connectivity index (χ4n) is 4.07. The number of hydrogen-bond donors (Lipinski definition) is 2. The van der Waals surface area contributed by atoms with Crippen LogP contribution in [-0.2, 0) is 5.92 Å². The maximum Gasteiger partial charge on any atom is 0.287 e. The summed E-state index contributed by atoms with van der Waals surface area (Å²) < 4.78 is 35.2. The molecule has 0 aliphatic heterocycles. The highest BCUT2D eigenvalue weighted by molar-refractivity contribution is 6.05. The number of aliphatic hydroxyl groups is 1. The van der Waals surface area contributed by atoms with Crippen LogP contribution in [0.1, 0.15) is 75.1 Å². The minimum Gasteiger partial charge on any atom is -0.488 e. The number of fused-ring (bicyclic) bond motifs is 1. The highest BCUT2D eigenvalue weighted by Crippen LogP contribution is 2.34. The van der Waals surface area contributed by atoms with Crippen LogP contribution in [-0.4, -0.2) is 38.0 Å². The lowest BCUT2D eigenvalue weighted by molar-refractivity contribution is 0.0126. The van der Waals surface area contributed by atoms with E-state index in [1.807, 2.05) is 10.9 Å². The van der Waals surface area contributed by atoms with Crippen LogP contribution in [0.5, 0.6) is 5.75 Å². The monoisotopic (exact) mass is 472 g/mol. The number of amides is 1. The SMILES string of the molecule is CC(C)(O)COc1cc2nn(C3CCCCC3)cc2cc1NC(=O)c1cccc(C(C)(F)F)n1. The minimum atomic E-state index is -3.16. The first kappa shape index (κ1) is 24.1. The Morgan fingerprint density at radius 3 is 2.62 bits per heavy atom. The van der Waals surface area contributed by atoms with Gasteiger partial charge in [-0.15, -0.1) is 0 Å². The Kier molecular flexibility index (Phi) is 6.58. The highest BCUT2D eigenvalue weighted by Gasteiger charge is 2.27. The molecule has 3 aromatic rings. The first-order chi connectivity index (χ1) is 16.0. The smallest absolute Gasteiger partial charge is 0.287 e. The third-order valence-corrected chi connectivity index (χ3v) is 5.83. The van der Waals surface area contributed by atoms with Gasteiger partial charge in [-0.3, -0.25) is 9.48 Å². The number of rotatable bonds is 7. The molecule has 1 aliphatic carbocycles. The summed E-state index contributed by atoms with van der Waals surface area (Å²) in [5, 5.41) is 18.4. The molecule has 34 heavy (non-hydrogen) atoms. The normalized spacial score (nSPS) is 15.5. The maximum atomic E-state index is 13.7. The van der Waals surface area contributed by atoms with Crippen molar-refractivity contribution in [2.24, 2.45) is 0 Å². The molecule has 0 saturated heterocycles. The van der Waals surface area contributed by atoms with Crippen LogP contribution in [0.3, 0.4) is 0 Å². The second-order valence-corrected chi connectivity index (χ2v) is 9.66. The van der Waals surface area contributed by atoms with Crippen LogP contribution in [0.2, 0.25) is 0 Å². The largest absolute Gasteiger partial charge is 0.488 e. The second kappa shape index (κ2) is 9.29. The quantitative estimate of drug-likeness (QED) is 0.477. The molecule has 1 saturated carbocycles. The zero-order valence-electron chi connectivity index (χ0n) is 19.6. The zero-order valence-corrected chi connectivity index (χ0v) is 19.6. The van der Waals surface area contributed by atoms with Crippen LogP contribution in [0.4, 0.5) is 14.5 Å². The van der Waals surface area contributed by atoms with Crippen LogP contribution in [0.15, 0.2) is 36.5 Å². The Morgan fingerprint density at radius 1 is 1.21 bits per heavy atom. The number of carbonyl (C=O) groups is 1. The van der Waals surface area contributed by atoms with Crippen LogP contribution >= 0.6 is 0 Å². The molecule has 0 unspecified atom stereocenters. The molecule has 0 radical (unpaired) electrons. The van der Waals surface area contributed by atoms with Crippen molar-refractivity contribution in [3.63, 3.8) is 0 Å². The Hall–Kier alpha value is -3.07. The van der Waals surface area contributed by atoms with Crippen molar-refractivity contribution in [3.05, 3.63) is 47.9 Å². The molecule has 1 amide bonds. The van der Waals surface area contributed by atoms with Gasteiger partial charge >= 0.3 is 0 Å². The molecular weight excluding hydrogens is 442 g/mol. The standard InChI is InChI=1S/C25H30F2N4O3/c1-24(2,33)15-34-21-13-19-16(14-31(30-19)17-8-5-4-6-9-17)12-20(21)29-23(32)18-10-7-11-22(28-18)25(3,26)27/h7,10-14,17,33H,4-6,8-9,15H2,1-3H3,(H,29,32). The molecule has 7 nitrogen and oxygen atoms in total. The van der Waals surface area contributed by atoms with Crippen molar-refractivity contribution >= 4 is 22.5 Å². The highest BCUT2D eigenvalue weighted by atomic mass is 19.3. The lowest BCUT2D eigenvalue weighted by Gasteiger charge is -2.21. The Balaban J connectivity index is 1.66. The van der Waals surface area contributed by atoms with Gasteiger partial charge in [-0.1, -0.05) is 25.3 Å². The lowest BCUT2D eigenvalue weighted by atomic mass is 9.96. The third kappa shape index (κ3) is 5.70. The van der Waals surface area contributed by atoms with Gasteiger partial charge in [0, 0.05) is 24.6 Å². The number of nitrogens with zero attached hydrogens (tertiary/aromatic N) is 3. The van der Waals surface area contributed by atoms with Gasteiger partial charge in [-0.05, 0) is 44.9 Å². The number of anilines is 1. The van der Waals surface area contributed by atoms with Crippen LogP contribution in [0.25, 0.3) is 10.9 Å². The molecule has 1 fully saturated rings. The van der Waals surface area contributed by atoms with E-state index in [0.717, 1.165) is 25.2 Å². The minimum absolute atomic E-state index is 0.0134. The predicted molar refractivity (Wildman–Crippen MR) is 125 cm³/mol. The molecule has 2 heterocycles. The van der Waals surface area contributed by atoms with E-state index in [4.69, 9.17) is 9.84 Å². The summed E-state index contributed by atoms with van der Waals surface area (Å²) in [6.07, 6.45) is 7.68. The van der Waals surface area contributed by atoms with Gasteiger partial charge in [0.2, 0.25) is 0 Å². The first-order valence-corrected chi connectivity index (χ1v) is 11.5. The summed E-state index contributed by atoms with van der Waals surface area (Å²) in [7, 11) is 0. The van der Waals surface area contributed by atoms with E-state index >= 15 is 0 Å². The van der Waals surface area contributed by atoms with Crippen molar-refractivity contribution < 1.29 is 23.4 Å². The van der Waals surface area contributed by atoms with Gasteiger partial charge in [0.05, 0.1) is 22.8 Å². The molecule has 4 rings (SSSR count). The molecule has 1 aromatic carbocycles. The van der Waals surface area contributed by atoms with Crippen molar-refractivity contribution in [3.8, 4) is 5.75 Å². The number of aromatic nitrogens is 3. The first-order valence-electron chi connectivity index (χ1n) is 11.5. The molecule has 2 aromatic heterocycles. The van der Waals surface area contributed by atoms with E-state index in [2.05, 4.69) is 10.3 Å².